The molecule has 25 heavy (non-hydrogen) atoms. The molecule has 3 aromatic rings. The summed E-state index contributed by atoms with van der Waals surface area (Å²) >= 11 is 0. The molecular formula is C18H23N3O3Si. The van der Waals surface area contributed by atoms with Crippen LogP contribution in [0.15, 0.2) is 27.4 Å². The number of aliphatic hydroxyl groups excluding tert-OH is 1. The molecule has 132 valence electrons. The molecule has 0 saturated carbocycles. The summed E-state index contributed by atoms with van der Waals surface area (Å²) in [6.07, 6.45) is 0.477. The van der Waals surface area contributed by atoms with E-state index in [2.05, 4.69) is 46.6 Å². The van der Waals surface area contributed by atoms with Crippen LogP contribution in [0.5, 0.6) is 0 Å². The van der Waals surface area contributed by atoms with Crippen molar-refractivity contribution in [2.75, 3.05) is 13.1 Å². The maximum absolute atomic E-state index is 12.4. The van der Waals surface area contributed by atoms with Crippen molar-refractivity contribution in [1.82, 2.24) is 14.9 Å². The lowest BCUT2D eigenvalue weighted by Gasteiger charge is -2.16. The molecular weight excluding hydrogens is 334 g/mol. The highest BCUT2D eigenvalue weighted by Gasteiger charge is 2.23. The molecule has 2 N–H and O–H groups in total. The Bertz CT molecular complexity index is 1000. The van der Waals surface area contributed by atoms with Crippen LogP contribution < -0.4 is 10.7 Å². The summed E-state index contributed by atoms with van der Waals surface area (Å²) in [6.45, 7) is 8.84. The van der Waals surface area contributed by atoms with Crippen LogP contribution in [0.2, 0.25) is 19.6 Å². The number of nitrogens with one attached hydrogen (secondary N) is 1. The minimum absolute atomic E-state index is 0.245. The Morgan fingerprint density at radius 1 is 1.40 bits per heavy atom. The number of benzene rings is 1. The number of aromatic nitrogens is 2. The molecule has 1 aliphatic heterocycles. The highest BCUT2D eigenvalue weighted by atomic mass is 28.3. The maximum Gasteiger partial charge on any atom is 0.294 e. The summed E-state index contributed by atoms with van der Waals surface area (Å²) in [5.74, 6) is 0.618. The zero-order chi connectivity index (χ0) is 17.8. The average Bonchev–Trinajstić information content (AvgIpc) is 3.10. The third-order valence-electron chi connectivity index (χ3n) is 4.86. The molecule has 0 amide bonds. The zero-order valence-corrected chi connectivity index (χ0v) is 15.8. The Labute approximate surface area is 146 Å². The van der Waals surface area contributed by atoms with E-state index in [1.165, 1.54) is 5.19 Å². The highest BCUT2D eigenvalue weighted by Crippen LogP contribution is 2.25. The zero-order valence-electron chi connectivity index (χ0n) is 14.8. The van der Waals surface area contributed by atoms with Crippen LogP contribution in [-0.2, 0) is 6.54 Å². The first-order valence-electron chi connectivity index (χ1n) is 8.67. The number of hydrogen-bond donors (Lipinski definition) is 2. The second kappa shape index (κ2) is 5.79. The van der Waals surface area contributed by atoms with Crippen LogP contribution in [0.25, 0.3) is 22.1 Å². The minimum atomic E-state index is -1.47. The summed E-state index contributed by atoms with van der Waals surface area (Å²) in [4.78, 5) is 22.0. The second-order valence-electron chi connectivity index (χ2n) is 7.93. The first kappa shape index (κ1) is 16.5. The summed E-state index contributed by atoms with van der Waals surface area (Å²) in [5, 5.41) is 11.9. The van der Waals surface area contributed by atoms with E-state index in [0.29, 0.717) is 30.0 Å². The lowest BCUT2D eigenvalue weighted by Crippen LogP contribution is -2.37. The van der Waals surface area contributed by atoms with Gasteiger partial charge in [0.2, 0.25) is 5.58 Å². The predicted octanol–water partition coefficient (Wildman–Crippen LogP) is 1.78. The van der Waals surface area contributed by atoms with Gasteiger partial charge in [-0.15, -0.1) is 0 Å². The van der Waals surface area contributed by atoms with Gasteiger partial charge in [-0.05, 0) is 18.6 Å². The third kappa shape index (κ3) is 3.03. The Morgan fingerprint density at radius 3 is 2.88 bits per heavy atom. The van der Waals surface area contributed by atoms with Gasteiger partial charge in [0.1, 0.15) is 16.9 Å². The van der Waals surface area contributed by atoms with Crippen molar-refractivity contribution >= 4 is 35.3 Å². The van der Waals surface area contributed by atoms with Crippen molar-refractivity contribution in [3.8, 4) is 0 Å². The van der Waals surface area contributed by atoms with Gasteiger partial charge in [0.15, 0.2) is 0 Å². The maximum atomic E-state index is 12.4. The van der Waals surface area contributed by atoms with Crippen molar-refractivity contribution in [3.63, 3.8) is 0 Å². The van der Waals surface area contributed by atoms with Gasteiger partial charge < -0.3 is 14.5 Å². The van der Waals surface area contributed by atoms with E-state index in [0.717, 1.165) is 18.4 Å². The van der Waals surface area contributed by atoms with Crippen molar-refractivity contribution in [3.05, 3.63) is 34.4 Å². The number of hydrogen-bond acceptors (Lipinski definition) is 5. The molecule has 0 radical (unpaired) electrons. The van der Waals surface area contributed by atoms with Gasteiger partial charge in [-0.1, -0.05) is 30.9 Å². The second-order valence-corrected chi connectivity index (χ2v) is 13.0. The summed E-state index contributed by atoms with van der Waals surface area (Å²) in [6, 6.07) is 6.17. The topological polar surface area (TPSA) is 82.4 Å². The number of aromatic amines is 1. The predicted molar refractivity (Wildman–Crippen MR) is 101 cm³/mol. The van der Waals surface area contributed by atoms with Crippen molar-refractivity contribution < 1.29 is 9.52 Å². The van der Waals surface area contributed by atoms with Gasteiger partial charge in [-0.3, -0.25) is 9.69 Å². The number of aliphatic hydroxyl groups is 1. The quantitative estimate of drug-likeness (QED) is 0.698. The number of H-pyrrole nitrogens is 1. The fraction of sp³-hybridized carbons (Fsp3) is 0.444. The molecule has 1 fully saturated rings. The van der Waals surface area contributed by atoms with E-state index in [4.69, 9.17) is 4.42 Å². The molecule has 0 spiro atoms. The number of β-amino-alcohol motifs (C(OH)–C–C–N with tert-alkyl or cyclic N) is 1. The number of rotatable bonds is 3. The molecule has 3 heterocycles. The van der Waals surface area contributed by atoms with E-state index in [9.17, 15) is 9.90 Å². The fourth-order valence-corrected chi connectivity index (χ4v) is 4.57. The van der Waals surface area contributed by atoms with Gasteiger partial charge >= 0.3 is 0 Å². The molecule has 1 aliphatic rings. The first-order valence-corrected chi connectivity index (χ1v) is 12.2. The molecule has 0 unspecified atom stereocenters. The van der Waals surface area contributed by atoms with Crippen LogP contribution in [0, 0.1) is 0 Å². The van der Waals surface area contributed by atoms with E-state index >= 15 is 0 Å². The van der Waals surface area contributed by atoms with Gasteiger partial charge in [0, 0.05) is 18.5 Å². The number of likely N-dealkylation sites (tertiary alicyclic amines) is 1. The van der Waals surface area contributed by atoms with Crippen molar-refractivity contribution in [2.24, 2.45) is 0 Å². The summed E-state index contributed by atoms with van der Waals surface area (Å²) in [5.41, 5.74) is 1.37. The summed E-state index contributed by atoms with van der Waals surface area (Å²) < 4.78 is 5.75. The number of fused-ring (bicyclic) bond motifs is 3. The van der Waals surface area contributed by atoms with Gasteiger partial charge in [-0.2, -0.15) is 0 Å². The Balaban J connectivity index is 1.82. The SMILES string of the molecule is C[Si](C)(C)c1ccc2oc3c(=O)[nH]c(CN4CC[C@H](O)C4)nc3c2c1. The van der Waals surface area contributed by atoms with Crippen LogP contribution >= 0.6 is 0 Å². The number of nitrogens with zero attached hydrogens (tertiary/aromatic N) is 2. The Morgan fingerprint density at radius 2 is 2.20 bits per heavy atom. The first-order chi connectivity index (χ1) is 11.8. The van der Waals surface area contributed by atoms with E-state index in [1.54, 1.807) is 0 Å². The molecule has 2 aromatic heterocycles. The normalized spacial score (nSPS) is 19.3. The Hall–Kier alpha value is -1.96. The third-order valence-corrected chi connectivity index (χ3v) is 6.90. The van der Waals surface area contributed by atoms with Crippen LogP contribution in [0.3, 0.4) is 0 Å². The van der Waals surface area contributed by atoms with Crippen molar-refractivity contribution in [1.29, 1.82) is 0 Å². The number of furan rings is 1. The average molecular weight is 357 g/mol. The van der Waals surface area contributed by atoms with Gasteiger partial charge in [0.25, 0.3) is 5.56 Å². The molecule has 7 heteroatoms. The molecule has 1 saturated heterocycles. The van der Waals surface area contributed by atoms with Gasteiger partial charge in [-0.25, -0.2) is 4.98 Å². The molecule has 6 nitrogen and oxygen atoms in total. The molecule has 0 aliphatic carbocycles. The lowest BCUT2D eigenvalue weighted by molar-refractivity contribution is 0.174. The Kier molecular flexibility index (Phi) is 3.82. The van der Waals surface area contributed by atoms with E-state index in [-0.39, 0.29) is 17.2 Å². The molecule has 1 atom stereocenters. The van der Waals surface area contributed by atoms with Crippen LogP contribution in [0.1, 0.15) is 12.2 Å². The van der Waals surface area contributed by atoms with Crippen LogP contribution in [0.4, 0.5) is 0 Å². The minimum Gasteiger partial charge on any atom is -0.449 e. The van der Waals surface area contributed by atoms with E-state index < -0.39 is 8.07 Å². The monoisotopic (exact) mass is 357 g/mol. The fourth-order valence-electron chi connectivity index (χ4n) is 3.41. The lowest BCUT2D eigenvalue weighted by atomic mass is 10.2. The van der Waals surface area contributed by atoms with Crippen LogP contribution in [-0.4, -0.2) is 47.2 Å². The van der Waals surface area contributed by atoms with Gasteiger partial charge in [0.05, 0.1) is 20.7 Å². The molecule has 4 rings (SSSR count). The van der Waals surface area contributed by atoms with E-state index in [1.807, 2.05) is 6.07 Å². The summed E-state index contributed by atoms with van der Waals surface area (Å²) in [7, 11) is -1.47. The van der Waals surface area contributed by atoms with Crippen molar-refractivity contribution in [2.45, 2.75) is 38.7 Å². The largest absolute Gasteiger partial charge is 0.449 e. The highest BCUT2D eigenvalue weighted by molar-refractivity contribution is 6.88. The standard InChI is InChI=1S/C18H23N3O3Si/c1-25(2,3)12-4-5-14-13(8-12)16-17(24-14)18(23)20-15(19-16)10-21-7-6-11(22)9-21/h4-5,8,11,22H,6-7,9-10H2,1-3H3,(H,19,20,23)/t11-/m0/s1. The molecule has 0 bridgehead atoms. The smallest absolute Gasteiger partial charge is 0.294 e. The molecule has 1 aromatic carbocycles.